The number of rotatable bonds is 1. The van der Waals surface area contributed by atoms with Crippen molar-refractivity contribution < 1.29 is 33.9 Å². The summed E-state index contributed by atoms with van der Waals surface area (Å²) in [6, 6.07) is 1.60. The summed E-state index contributed by atoms with van der Waals surface area (Å²) in [6.07, 6.45) is -1.47. The van der Waals surface area contributed by atoms with Crippen LogP contribution in [0.3, 0.4) is 0 Å². The number of ether oxygens (including phenoxy) is 3. The van der Waals surface area contributed by atoms with Crippen LogP contribution in [-0.2, 0) is 15.9 Å². The number of aliphatic hydroxyl groups is 1. The van der Waals surface area contributed by atoms with Crippen LogP contribution in [0.15, 0.2) is 20.1 Å². The van der Waals surface area contributed by atoms with E-state index in [1.54, 1.807) is 13.0 Å². The summed E-state index contributed by atoms with van der Waals surface area (Å²) in [4.78, 5) is 27.0. The molecule has 0 bridgehead atoms. The van der Waals surface area contributed by atoms with Crippen LogP contribution < -0.4 is 21.6 Å². The average Bonchev–Trinajstić information content (AvgIpc) is 2.92. The van der Waals surface area contributed by atoms with Crippen molar-refractivity contribution >= 4 is 33.3 Å². The van der Waals surface area contributed by atoms with Crippen molar-refractivity contribution in [1.82, 2.24) is 4.68 Å². The summed E-state index contributed by atoms with van der Waals surface area (Å²) < 4.78 is 24.3. The van der Waals surface area contributed by atoms with E-state index in [1.165, 1.54) is 7.11 Å². The van der Waals surface area contributed by atoms with Crippen molar-refractivity contribution in [3.05, 3.63) is 59.8 Å². The second kappa shape index (κ2) is 8.12. The molecule has 2 aliphatic carbocycles. The fourth-order valence-corrected chi connectivity index (χ4v) is 6.57. The summed E-state index contributed by atoms with van der Waals surface area (Å²) in [5, 5.41) is 34.1. The van der Waals surface area contributed by atoms with Gasteiger partial charge in [0, 0.05) is 41.3 Å². The van der Waals surface area contributed by atoms with E-state index in [9.17, 15) is 24.9 Å². The van der Waals surface area contributed by atoms with Gasteiger partial charge in [-0.05, 0) is 31.4 Å². The number of phenols is 2. The number of aromatic hydroxyl groups is 2. The maximum atomic E-state index is 13.9. The summed E-state index contributed by atoms with van der Waals surface area (Å²) in [6.45, 7) is 1.47. The van der Waals surface area contributed by atoms with Gasteiger partial charge in [-0.2, -0.15) is 0 Å². The second-order valence-electron chi connectivity index (χ2n) is 10.1. The lowest BCUT2D eigenvalue weighted by atomic mass is 9.79. The minimum Gasteiger partial charge on any atom is -0.506 e. The zero-order valence-corrected chi connectivity index (χ0v) is 21.6. The van der Waals surface area contributed by atoms with E-state index in [0.29, 0.717) is 28.6 Å². The lowest BCUT2D eigenvalue weighted by Gasteiger charge is -2.35. The van der Waals surface area contributed by atoms with Gasteiger partial charge in [-0.3, -0.25) is 9.59 Å². The number of benzene rings is 2. The topological polar surface area (TPSA) is 167 Å². The molecule has 3 heterocycles. The highest BCUT2D eigenvalue weighted by Crippen LogP contribution is 2.58. The molecule has 1 aliphatic heterocycles. The first-order valence-electron chi connectivity index (χ1n) is 12.3. The molecule has 11 nitrogen and oxygen atoms in total. The number of nitrogens with two attached hydrogens (primary N) is 1. The number of aromatic nitrogens is 1. The van der Waals surface area contributed by atoms with Crippen LogP contribution in [0.2, 0.25) is 5.02 Å². The first kappa shape index (κ1) is 24.3. The molecule has 3 atom stereocenters. The molecule has 0 radical (unpaired) electrons. The molecule has 4 aromatic rings. The molecule has 7 rings (SSSR count). The zero-order chi connectivity index (χ0) is 27.5. The Morgan fingerprint density at radius 2 is 1.87 bits per heavy atom. The molecule has 0 saturated heterocycles. The first-order chi connectivity index (χ1) is 18.6. The summed E-state index contributed by atoms with van der Waals surface area (Å²) in [7, 11) is 1.48. The van der Waals surface area contributed by atoms with E-state index < -0.39 is 40.8 Å². The third-order valence-electron chi connectivity index (χ3n) is 8.13. The third kappa shape index (κ3) is 2.98. The molecule has 0 amide bonds. The molecular weight excluding hydrogens is 532 g/mol. The van der Waals surface area contributed by atoms with Crippen molar-refractivity contribution in [2.24, 2.45) is 0 Å². The van der Waals surface area contributed by atoms with Gasteiger partial charge in [-0.1, -0.05) is 11.6 Å². The molecule has 3 unspecified atom stereocenters. The monoisotopic (exact) mass is 554 g/mol. The fraction of sp³-hybridized carbons (Fsp3) is 0.333. The largest absolute Gasteiger partial charge is 0.506 e. The van der Waals surface area contributed by atoms with Crippen LogP contribution in [0.4, 0.5) is 0 Å². The SMILES string of the molecule is COC1CCC(O)c2c1oc1c3c4c(c(O)c1c2=O)-c1c(c(Cl)c2cc(C)n(N)c(=O)c2c1O)CC4OCO3. The van der Waals surface area contributed by atoms with Crippen molar-refractivity contribution in [2.45, 2.75) is 44.5 Å². The van der Waals surface area contributed by atoms with Crippen LogP contribution >= 0.6 is 11.6 Å². The minimum absolute atomic E-state index is 0.00930. The van der Waals surface area contributed by atoms with Gasteiger partial charge in [0.05, 0.1) is 28.2 Å². The predicted octanol–water partition coefficient (Wildman–Crippen LogP) is 3.34. The quantitative estimate of drug-likeness (QED) is 0.256. The Labute approximate surface area is 224 Å². The highest BCUT2D eigenvalue weighted by atomic mass is 35.5. The molecular formula is C27H23ClN2O9. The Hall–Kier alpha value is -3.77. The molecule has 12 heteroatoms. The smallest absolute Gasteiger partial charge is 0.280 e. The molecule has 2 aromatic heterocycles. The Bertz CT molecular complexity index is 1890. The molecule has 2 aromatic carbocycles. The first-order valence-corrected chi connectivity index (χ1v) is 12.7. The third-order valence-corrected chi connectivity index (χ3v) is 8.56. The Morgan fingerprint density at radius 3 is 2.62 bits per heavy atom. The van der Waals surface area contributed by atoms with Crippen molar-refractivity contribution in [3.63, 3.8) is 0 Å². The van der Waals surface area contributed by atoms with Crippen molar-refractivity contribution in [1.29, 1.82) is 0 Å². The standard InChI is InChI=1S/C27H23ClN2O9/c1-8-5-9-15(27(35)30(8)29)21(32)14-10(20(9)28)6-13-17-18(14)23(34)19-22(33)16-11(31)3-4-12(36-2)24(16)39-26(19)25(17)38-7-37-13/h5,11-13,31-32,34H,3-4,6-7,29H2,1-2H3. The van der Waals surface area contributed by atoms with Crippen molar-refractivity contribution in [2.75, 3.05) is 19.7 Å². The number of hydrogen-bond acceptors (Lipinski definition) is 10. The molecule has 39 heavy (non-hydrogen) atoms. The maximum Gasteiger partial charge on any atom is 0.280 e. The molecule has 202 valence electrons. The van der Waals surface area contributed by atoms with E-state index in [0.717, 1.165) is 4.68 Å². The maximum absolute atomic E-state index is 13.9. The summed E-state index contributed by atoms with van der Waals surface area (Å²) in [5.74, 6) is 5.28. The highest BCUT2D eigenvalue weighted by Gasteiger charge is 2.42. The van der Waals surface area contributed by atoms with E-state index in [4.69, 9.17) is 36.1 Å². The lowest BCUT2D eigenvalue weighted by Crippen LogP contribution is -2.30. The number of aryl methyl sites for hydroxylation is 1. The van der Waals surface area contributed by atoms with Crippen LogP contribution in [0.25, 0.3) is 32.9 Å². The van der Waals surface area contributed by atoms with E-state index in [1.807, 2.05) is 0 Å². The number of pyridine rings is 1. The minimum atomic E-state index is -1.12. The van der Waals surface area contributed by atoms with Crippen molar-refractivity contribution in [3.8, 4) is 28.4 Å². The summed E-state index contributed by atoms with van der Waals surface area (Å²) in [5.41, 5.74) is -0.0514. The van der Waals surface area contributed by atoms with E-state index in [-0.39, 0.29) is 69.2 Å². The molecule has 5 N–H and O–H groups in total. The van der Waals surface area contributed by atoms with E-state index in [2.05, 4.69) is 0 Å². The molecule has 0 saturated carbocycles. The number of hydrogen-bond donors (Lipinski definition) is 4. The number of halogens is 1. The van der Waals surface area contributed by atoms with Gasteiger partial charge in [-0.25, -0.2) is 4.68 Å². The van der Waals surface area contributed by atoms with E-state index >= 15 is 0 Å². The van der Waals surface area contributed by atoms with Gasteiger partial charge in [0.25, 0.3) is 5.56 Å². The van der Waals surface area contributed by atoms with Gasteiger partial charge in [-0.15, -0.1) is 0 Å². The van der Waals surface area contributed by atoms with Gasteiger partial charge < -0.3 is 39.8 Å². The Kier molecular flexibility index (Phi) is 5.06. The zero-order valence-electron chi connectivity index (χ0n) is 20.8. The van der Waals surface area contributed by atoms with Gasteiger partial charge in [0.2, 0.25) is 5.43 Å². The molecule has 3 aliphatic rings. The highest BCUT2D eigenvalue weighted by molar-refractivity contribution is 6.37. The molecule has 0 fully saturated rings. The number of phenolic OH excluding ortho intramolecular Hbond substituents is 2. The number of fused-ring (bicyclic) bond motifs is 6. The number of aliphatic hydroxyl groups excluding tert-OH is 1. The lowest BCUT2D eigenvalue weighted by molar-refractivity contribution is -0.0592. The second-order valence-corrected chi connectivity index (χ2v) is 10.5. The number of methoxy groups -OCH3 is 1. The average molecular weight is 555 g/mol. The number of nitrogens with zero attached hydrogens (tertiary/aromatic N) is 1. The van der Waals surface area contributed by atoms with Gasteiger partial charge in [0.15, 0.2) is 18.1 Å². The Morgan fingerprint density at radius 1 is 1.13 bits per heavy atom. The summed E-state index contributed by atoms with van der Waals surface area (Å²) >= 11 is 6.83. The molecule has 0 spiro atoms. The van der Waals surface area contributed by atoms with Crippen LogP contribution in [0, 0.1) is 6.92 Å². The van der Waals surface area contributed by atoms with Crippen LogP contribution in [0.5, 0.6) is 17.2 Å². The van der Waals surface area contributed by atoms with Gasteiger partial charge in [0.1, 0.15) is 28.7 Å². The normalized spacial score (nSPS) is 21.4. The van der Waals surface area contributed by atoms with Gasteiger partial charge >= 0.3 is 0 Å². The van der Waals surface area contributed by atoms with Crippen LogP contribution in [-0.4, -0.2) is 33.9 Å². The van der Waals surface area contributed by atoms with Crippen LogP contribution in [0.1, 0.15) is 59.3 Å². The predicted molar refractivity (Wildman–Crippen MR) is 140 cm³/mol. The fourth-order valence-electron chi connectivity index (χ4n) is 6.25. The number of nitrogen functional groups attached to an aromatic ring is 1. The Balaban J connectivity index is 1.67.